The first kappa shape index (κ1) is 14.4. The predicted octanol–water partition coefficient (Wildman–Crippen LogP) is 4.16. The van der Waals surface area contributed by atoms with Crippen LogP contribution in [0.2, 0.25) is 0 Å². The maximum absolute atomic E-state index is 12.1. The minimum atomic E-state index is -0.288. The van der Waals surface area contributed by atoms with Crippen LogP contribution in [0.5, 0.6) is 0 Å². The van der Waals surface area contributed by atoms with Crippen LogP contribution < -0.4 is 5.73 Å². The van der Waals surface area contributed by atoms with Crippen LogP contribution in [0.4, 0.5) is 5.69 Å². The molecule has 0 aromatic heterocycles. The Bertz CT molecular complexity index is 475. The van der Waals surface area contributed by atoms with Crippen molar-refractivity contribution in [2.75, 3.05) is 5.73 Å². The largest absolute Gasteiger partial charge is 0.459 e. The Hall–Kier alpha value is -1.03. The van der Waals surface area contributed by atoms with E-state index in [0.717, 1.165) is 25.7 Å². The summed E-state index contributed by atoms with van der Waals surface area (Å²) in [5.74, 6) is -0.288. The molecule has 19 heavy (non-hydrogen) atoms. The fourth-order valence-corrected chi connectivity index (χ4v) is 2.84. The Kier molecular flexibility index (Phi) is 4.19. The maximum Gasteiger partial charge on any atom is 0.339 e. The molecular formula is C15H20BrNO2. The molecule has 1 saturated carbocycles. The molecule has 0 saturated heterocycles. The molecule has 0 unspecified atom stereocenters. The molecule has 1 aliphatic carbocycles. The van der Waals surface area contributed by atoms with Crippen LogP contribution >= 0.6 is 15.9 Å². The summed E-state index contributed by atoms with van der Waals surface area (Å²) in [6, 6.07) is 5.25. The van der Waals surface area contributed by atoms with Gasteiger partial charge in [-0.2, -0.15) is 0 Å². The summed E-state index contributed by atoms with van der Waals surface area (Å²) in [6.45, 7) is 4.53. The van der Waals surface area contributed by atoms with Crippen molar-refractivity contribution in [2.45, 2.75) is 45.6 Å². The number of anilines is 1. The topological polar surface area (TPSA) is 52.3 Å². The lowest BCUT2D eigenvalue weighted by Gasteiger charge is -2.33. The van der Waals surface area contributed by atoms with Gasteiger partial charge >= 0.3 is 5.97 Å². The fraction of sp³-hybridized carbons (Fsp3) is 0.533. The summed E-state index contributed by atoms with van der Waals surface area (Å²) >= 11 is 3.34. The van der Waals surface area contributed by atoms with Crippen molar-refractivity contribution < 1.29 is 9.53 Å². The van der Waals surface area contributed by atoms with Crippen molar-refractivity contribution in [2.24, 2.45) is 5.41 Å². The number of nitrogens with two attached hydrogens (primary N) is 1. The highest BCUT2D eigenvalue weighted by atomic mass is 79.9. The average Bonchev–Trinajstić information content (AvgIpc) is 2.35. The Labute approximate surface area is 122 Å². The molecule has 1 aromatic carbocycles. The third-order valence-corrected chi connectivity index (χ3v) is 4.69. The lowest BCUT2D eigenvalue weighted by Crippen LogP contribution is -2.28. The van der Waals surface area contributed by atoms with Crippen LogP contribution in [0.1, 0.15) is 49.9 Å². The van der Waals surface area contributed by atoms with E-state index in [-0.39, 0.29) is 12.1 Å². The van der Waals surface area contributed by atoms with E-state index < -0.39 is 0 Å². The van der Waals surface area contributed by atoms with E-state index in [2.05, 4.69) is 29.8 Å². The highest BCUT2D eigenvalue weighted by molar-refractivity contribution is 9.10. The van der Waals surface area contributed by atoms with Crippen LogP contribution in [0, 0.1) is 5.41 Å². The number of carbonyl (C=O) groups is 1. The smallest absolute Gasteiger partial charge is 0.339 e. The van der Waals surface area contributed by atoms with Gasteiger partial charge in [0.2, 0.25) is 0 Å². The number of halogens is 1. The van der Waals surface area contributed by atoms with Gasteiger partial charge in [-0.25, -0.2) is 4.79 Å². The van der Waals surface area contributed by atoms with Crippen LogP contribution in [0.15, 0.2) is 22.7 Å². The second-order valence-electron chi connectivity index (χ2n) is 5.98. The molecule has 1 aromatic rings. The summed E-state index contributed by atoms with van der Waals surface area (Å²) in [4.78, 5) is 12.1. The summed E-state index contributed by atoms with van der Waals surface area (Å²) in [5.41, 5.74) is 7.21. The number of hydrogen-bond donors (Lipinski definition) is 1. The average molecular weight is 326 g/mol. The predicted molar refractivity (Wildman–Crippen MR) is 80.0 cm³/mol. The van der Waals surface area contributed by atoms with Crippen molar-refractivity contribution in [3.63, 3.8) is 0 Å². The molecule has 104 valence electrons. The molecule has 0 bridgehead atoms. The van der Waals surface area contributed by atoms with Gasteiger partial charge in [0.25, 0.3) is 0 Å². The highest BCUT2D eigenvalue weighted by Gasteiger charge is 2.29. The Morgan fingerprint density at radius 3 is 2.63 bits per heavy atom. The van der Waals surface area contributed by atoms with Crippen molar-refractivity contribution in [3.05, 3.63) is 28.2 Å². The molecule has 2 rings (SSSR count). The zero-order chi connectivity index (χ0) is 14.0. The molecule has 3 nitrogen and oxygen atoms in total. The number of hydrogen-bond acceptors (Lipinski definition) is 3. The van der Waals surface area contributed by atoms with Crippen LogP contribution in [-0.2, 0) is 4.74 Å². The monoisotopic (exact) mass is 325 g/mol. The number of esters is 1. The summed E-state index contributed by atoms with van der Waals surface area (Å²) in [5, 5.41) is 0. The van der Waals surface area contributed by atoms with Gasteiger partial charge in [-0.3, -0.25) is 0 Å². The summed E-state index contributed by atoms with van der Waals surface area (Å²) < 4.78 is 6.20. The van der Waals surface area contributed by atoms with E-state index in [4.69, 9.17) is 10.5 Å². The second-order valence-corrected chi connectivity index (χ2v) is 6.77. The molecule has 1 aliphatic rings. The number of carbonyl (C=O) groups excluding carboxylic acids is 1. The fourth-order valence-electron chi connectivity index (χ4n) is 2.41. The van der Waals surface area contributed by atoms with E-state index in [9.17, 15) is 4.79 Å². The Morgan fingerprint density at radius 2 is 2.00 bits per heavy atom. The SMILES string of the molecule is CC1(C)CCC(OC(=O)c2cccc(N)c2Br)CC1. The van der Waals surface area contributed by atoms with Crippen LogP contribution in [0.3, 0.4) is 0 Å². The first-order chi connectivity index (χ1) is 8.89. The molecular weight excluding hydrogens is 306 g/mol. The van der Waals surface area contributed by atoms with Gasteiger partial charge in [0, 0.05) is 5.69 Å². The van der Waals surface area contributed by atoms with Gasteiger partial charge < -0.3 is 10.5 Å². The minimum Gasteiger partial charge on any atom is -0.459 e. The van der Waals surface area contributed by atoms with E-state index in [0.29, 0.717) is 21.1 Å². The molecule has 0 amide bonds. The highest BCUT2D eigenvalue weighted by Crippen LogP contribution is 2.36. The quantitative estimate of drug-likeness (QED) is 0.656. The third kappa shape index (κ3) is 3.50. The first-order valence-corrected chi connectivity index (χ1v) is 7.43. The summed E-state index contributed by atoms with van der Waals surface area (Å²) in [7, 11) is 0. The van der Waals surface area contributed by atoms with E-state index in [1.807, 2.05) is 0 Å². The zero-order valence-electron chi connectivity index (χ0n) is 11.4. The molecule has 4 heteroatoms. The molecule has 0 heterocycles. The zero-order valence-corrected chi connectivity index (χ0v) is 13.0. The lowest BCUT2D eigenvalue weighted by molar-refractivity contribution is 0.00942. The first-order valence-electron chi connectivity index (χ1n) is 6.64. The number of rotatable bonds is 2. The maximum atomic E-state index is 12.1. The lowest BCUT2D eigenvalue weighted by atomic mass is 9.76. The van der Waals surface area contributed by atoms with Crippen molar-refractivity contribution in [1.82, 2.24) is 0 Å². The second kappa shape index (κ2) is 5.53. The van der Waals surface area contributed by atoms with Gasteiger partial charge in [0.15, 0.2) is 0 Å². The van der Waals surface area contributed by atoms with Crippen LogP contribution in [-0.4, -0.2) is 12.1 Å². The van der Waals surface area contributed by atoms with E-state index in [1.165, 1.54) is 0 Å². The third-order valence-electron chi connectivity index (χ3n) is 3.81. The van der Waals surface area contributed by atoms with E-state index >= 15 is 0 Å². The van der Waals surface area contributed by atoms with Gasteiger partial charge in [-0.15, -0.1) is 0 Å². The Balaban J connectivity index is 2.00. The van der Waals surface area contributed by atoms with Gasteiger partial charge in [0.1, 0.15) is 6.10 Å². The number of ether oxygens (including phenoxy) is 1. The molecule has 0 radical (unpaired) electrons. The standard InChI is InChI=1S/C15H20BrNO2/c1-15(2)8-6-10(7-9-15)19-14(18)11-4-3-5-12(17)13(11)16/h3-5,10H,6-9,17H2,1-2H3. The normalized spacial score (nSPS) is 19.1. The van der Waals surface area contributed by atoms with Gasteiger partial charge in [0.05, 0.1) is 10.0 Å². The number of benzene rings is 1. The molecule has 2 N–H and O–H groups in total. The number of nitrogen functional groups attached to an aromatic ring is 1. The Morgan fingerprint density at radius 1 is 1.37 bits per heavy atom. The molecule has 1 fully saturated rings. The molecule has 0 aliphatic heterocycles. The molecule has 0 atom stereocenters. The van der Waals surface area contributed by atoms with E-state index in [1.54, 1.807) is 18.2 Å². The van der Waals surface area contributed by atoms with Crippen molar-refractivity contribution in [3.8, 4) is 0 Å². The van der Waals surface area contributed by atoms with Crippen molar-refractivity contribution >= 4 is 27.6 Å². The summed E-state index contributed by atoms with van der Waals surface area (Å²) in [6.07, 6.45) is 4.12. The van der Waals surface area contributed by atoms with Crippen LogP contribution in [0.25, 0.3) is 0 Å². The minimum absolute atomic E-state index is 0.0360. The van der Waals surface area contributed by atoms with Crippen molar-refractivity contribution in [1.29, 1.82) is 0 Å². The van der Waals surface area contributed by atoms with Gasteiger partial charge in [-0.05, 0) is 59.2 Å². The van der Waals surface area contributed by atoms with Gasteiger partial charge in [-0.1, -0.05) is 19.9 Å². The molecule has 0 spiro atoms.